The first-order chi connectivity index (χ1) is 8.63. The van der Waals surface area contributed by atoms with Crippen LogP contribution in [-0.4, -0.2) is 7.05 Å². The van der Waals surface area contributed by atoms with Crippen LogP contribution >= 0.6 is 45.8 Å². The van der Waals surface area contributed by atoms with E-state index in [9.17, 15) is 0 Å². The average molecular weight is 392 g/mol. The van der Waals surface area contributed by atoms with E-state index in [-0.39, 0.29) is 6.04 Å². The van der Waals surface area contributed by atoms with Crippen molar-refractivity contribution in [2.24, 2.45) is 0 Å². The Balaban J connectivity index is 2.52. The van der Waals surface area contributed by atoms with E-state index in [1.165, 1.54) is 9.13 Å². The molecule has 94 valence electrons. The lowest BCUT2D eigenvalue weighted by molar-refractivity contribution is 0.689. The minimum atomic E-state index is 0.0456. The first kappa shape index (κ1) is 14.1. The van der Waals surface area contributed by atoms with Crippen LogP contribution in [-0.2, 0) is 0 Å². The number of rotatable bonds is 3. The van der Waals surface area contributed by atoms with Crippen LogP contribution in [0.1, 0.15) is 17.2 Å². The van der Waals surface area contributed by atoms with Crippen molar-refractivity contribution in [1.82, 2.24) is 5.32 Å². The van der Waals surface area contributed by atoms with E-state index in [1.807, 2.05) is 31.3 Å². The second-order valence-electron chi connectivity index (χ2n) is 3.91. The molecule has 0 aliphatic rings. The SMILES string of the molecule is CNC(c1cc(Cl)ccc1Cl)c1ccccc1I. The molecule has 0 aliphatic carbocycles. The molecule has 18 heavy (non-hydrogen) atoms. The summed E-state index contributed by atoms with van der Waals surface area (Å²) in [5, 5.41) is 4.71. The van der Waals surface area contributed by atoms with Crippen molar-refractivity contribution in [3.05, 3.63) is 67.2 Å². The Morgan fingerprint density at radius 3 is 2.44 bits per heavy atom. The minimum Gasteiger partial charge on any atom is -0.309 e. The Morgan fingerprint density at radius 2 is 1.78 bits per heavy atom. The molecular weight excluding hydrogens is 380 g/mol. The molecule has 2 rings (SSSR count). The third kappa shape index (κ3) is 2.99. The van der Waals surface area contributed by atoms with Gasteiger partial charge in [0.1, 0.15) is 0 Å². The van der Waals surface area contributed by atoms with Crippen molar-refractivity contribution < 1.29 is 0 Å². The molecule has 1 unspecified atom stereocenters. The molecule has 4 heteroatoms. The predicted octanol–water partition coefficient (Wildman–Crippen LogP) is 4.91. The maximum atomic E-state index is 6.27. The van der Waals surface area contributed by atoms with Gasteiger partial charge in [-0.15, -0.1) is 0 Å². The van der Waals surface area contributed by atoms with Crippen molar-refractivity contribution in [3.63, 3.8) is 0 Å². The zero-order chi connectivity index (χ0) is 13.1. The Hall–Kier alpha value is -0.290. The Bertz CT molecular complexity index is 557. The highest BCUT2D eigenvalue weighted by atomic mass is 127. The van der Waals surface area contributed by atoms with Crippen molar-refractivity contribution in [1.29, 1.82) is 0 Å². The zero-order valence-electron chi connectivity index (χ0n) is 9.75. The van der Waals surface area contributed by atoms with Gasteiger partial charge < -0.3 is 5.32 Å². The highest BCUT2D eigenvalue weighted by Crippen LogP contribution is 2.32. The van der Waals surface area contributed by atoms with Gasteiger partial charge in [-0.05, 0) is 65.0 Å². The molecule has 0 bridgehead atoms. The van der Waals surface area contributed by atoms with Crippen molar-refractivity contribution in [3.8, 4) is 0 Å². The first-order valence-electron chi connectivity index (χ1n) is 5.50. The van der Waals surface area contributed by atoms with Crippen molar-refractivity contribution in [2.75, 3.05) is 7.05 Å². The van der Waals surface area contributed by atoms with Crippen LogP contribution < -0.4 is 5.32 Å². The Kier molecular flexibility index (Phi) is 4.90. The van der Waals surface area contributed by atoms with Gasteiger partial charge in [0.05, 0.1) is 6.04 Å². The van der Waals surface area contributed by atoms with Crippen molar-refractivity contribution >= 4 is 45.8 Å². The van der Waals surface area contributed by atoms with Gasteiger partial charge in [0.15, 0.2) is 0 Å². The maximum absolute atomic E-state index is 6.27. The van der Waals surface area contributed by atoms with Crippen LogP contribution in [0.4, 0.5) is 0 Å². The molecule has 0 spiro atoms. The van der Waals surface area contributed by atoms with Crippen LogP contribution in [0, 0.1) is 3.57 Å². The van der Waals surface area contributed by atoms with E-state index < -0.39 is 0 Å². The minimum absolute atomic E-state index is 0.0456. The fourth-order valence-electron chi connectivity index (χ4n) is 1.92. The molecule has 1 nitrogen and oxygen atoms in total. The summed E-state index contributed by atoms with van der Waals surface area (Å²) in [6.45, 7) is 0. The molecule has 0 amide bonds. The molecule has 1 N–H and O–H groups in total. The third-order valence-electron chi connectivity index (χ3n) is 2.77. The molecule has 0 aromatic heterocycles. The molecule has 0 saturated carbocycles. The van der Waals surface area contributed by atoms with Crippen LogP contribution in [0.25, 0.3) is 0 Å². The summed E-state index contributed by atoms with van der Waals surface area (Å²) in [7, 11) is 1.92. The largest absolute Gasteiger partial charge is 0.309 e. The van der Waals surface area contributed by atoms with Crippen molar-refractivity contribution in [2.45, 2.75) is 6.04 Å². The zero-order valence-corrected chi connectivity index (χ0v) is 13.4. The summed E-state index contributed by atoms with van der Waals surface area (Å²) in [6, 6.07) is 13.8. The second-order valence-corrected chi connectivity index (χ2v) is 5.91. The van der Waals surface area contributed by atoms with Gasteiger partial charge in [0.25, 0.3) is 0 Å². The number of hydrogen-bond donors (Lipinski definition) is 1. The molecule has 1 atom stereocenters. The topological polar surface area (TPSA) is 12.0 Å². The quantitative estimate of drug-likeness (QED) is 0.733. The molecule has 2 aromatic carbocycles. The van der Waals surface area contributed by atoms with Gasteiger partial charge in [-0.1, -0.05) is 41.4 Å². The van der Waals surface area contributed by atoms with E-state index in [4.69, 9.17) is 23.2 Å². The van der Waals surface area contributed by atoms with Crippen LogP contribution in [0.2, 0.25) is 10.0 Å². The van der Waals surface area contributed by atoms with E-state index >= 15 is 0 Å². The molecule has 2 aromatic rings. The lowest BCUT2D eigenvalue weighted by Gasteiger charge is -2.20. The fourth-order valence-corrected chi connectivity index (χ4v) is 3.03. The van der Waals surface area contributed by atoms with Gasteiger partial charge >= 0.3 is 0 Å². The Labute approximate surface area is 131 Å². The standard InChI is InChI=1S/C14H12Cl2IN/c1-18-14(10-4-2-3-5-13(10)17)11-8-9(15)6-7-12(11)16/h2-8,14,18H,1H3. The summed E-state index contributed by atoms with van der Waals surface area (Å²) >= 11 is 14.7. The summed E-state index contributed by atoms with van der Waals surface area (Å²) in [5.41, 5.74) is 2.19. The highest BCUT2D eigenvalue weighted by molar-refractivity contribution is 14.1. The maximum Gasteiger partial charge on any atom is 0.0600 e. The number of nitrogens with one attached hydrogen (secondary N) is 1. The molecule has 0 fully saturated rings. The molecule has 0 saturated heterocycles. The average Bonchev–Trinajstić information content (AvgIpc) is 2.36. The van der Waals surface area contributed by atoms with Gasteiger partial charge in [-0.25, -0.2) is 0 Å². The molecule has 0 heterocycles. The molecular formula is C14H12Cl2IN. The van der Waals surface area contributed by atoms with Gasteiger partial charge in [0, 0.05) is 13.6 Å². The monoisotopic (exact) mass is 391 g/mol. The number of benzene rings is 2. The number of hydrogen-bond acceptors (Lipinski definition) is 1. The van der Waals surface area contributed by atoms with Gasteiger partial charge in [0.2, 0.25) is 0 Å². The third-order valence-corrected chi connectivity index (χ3v) is 4.34. The van der Waals surface area contributed by atoms with E-state index in [1.54, 1.807) is 6.07 Å². The molecule has 0 aliphatic heterocycles. The summed E-state index contributed by atoms with van der Waals surface area (Å²) in [6.07, 6.45) is 0. The predicted molar refractivity (Wildman–Crippen MR) is 86.5 cm³/mol. The summed E-state index contributed by atoms with van der Waals surface area (Å²) < 4.78 is 1.20. The lowest BCUT2D eigenvalue weighted by Crippen LogP contribution is -2.19. The van der Waals surface area contributed by atoms with Gasteiger partial charge in [-0.2, -0.15) is 0 Å². The summed E-state index contributed by atoms with van der Waals surface area (Å²) in [4.78, 5) is 0. The second kappa shape index (κ2) is 6.24. The van der Waals surface area contributed by atoms with E-state index in [0.717, 1.165) is 10.6 Å². The van der Waals surface area contributed by atoms with Gasteiger partial charge in [-0.3, -0.25) is 0 Å². The van der Waals surface area contributed by atoms with Crippen LogP contribution in [0.3, 0.4) is 0 Å². The van der Waals surface area contributed by atoms with E-state index in [0.29, 0.717) is 5.02 Å². The smallest absolute Gasteiger partial charge is 0.0600 e. The molecule has 0 radical (unpaired) electrons. The van der Waals surface area contributed by atoms with E-state index in [2.05, 4.69) is 40.0 Å². The normalized spacial score (nSPS) is 12.4. The summed E-state index contributed by atoms with van der Waals surface area (Å²) in [5.74, 6) is 0. The Morgan fingerprint density at radius 1 is 1.06 bits per heavy atom. The first-order valence-corrected chi connectivity index (χ1v) is 7.33. The van der Waals surface area contributed by atoms with Crippen LogP contribution in [0.5, 0.6) is 0 Å². The fraction of sp³-hybridized carbons (Fsp3) is 0.143. The lowest BCUT2D eigenvalue weighted by atomic mass is 9.99. The number of halogens is 3. The highest BCUT2D eigenvalue weighted by Gasteiger charge is 2.17. The van der Waals surface area contributed by atoms with Crippen LogP contribution in [0.15, 0.2) is 42.5 Å².